The molecule has 1 fully saturated rings. The number of pyridine rings is 1. The summed E-state index contributed by atoms with van der Waals surface area (Å²) in [6.07, 6.45) is 3.00. The number of fused-ring (bicyclic) bond motifs is 1. The third-order valence-electron chi connectivity index (χ3n) is 4.83. The first-order chi connectivity index (χ1) is 12.8. The molecule has 1 aliphatic heterocycles. The first-order valence-corrected chi connectivity index (χ1v) is 9.96. The minimum atomic E-state index is -0.113. The van der Waals surface area contributed by atoms with E-state index in [2.05, 4.69) is 0 Å². The molecule has 146 valence electrons. The largest absolute Gasteiger partial charge is 0.397 e. The van der Waals surface area contributed by atoms with Crippen LogP contribution in [0.5, 0.6) is 0 Å². The molecule has 8 heteroatoms. The number of thiophene rings is 1. The number of likely N-dealkylation sites (tertiary alicyclic amines) is 1. The summed E-state index contributed by atoms with van der Waals surface area (Å²) in [7, 11) is 7.22. The molecule has 7 nitrogen and oxygen atoms in total. The lowest BCUT2D eigenvalue weighted by Crippen LogP contribution is -2.43. The Morgan fingerprint density at radius 1 is 1.26 bits per heavy atom. The SMILES string of the molecule is CN(C)CC(=O)N1CCCC[C@H]1c1ccc2c(N)c(C(=O)N(C)C)sc2n1. The average Bonchev–Trinajstić information content (AvgIpc) is 2.96. The van der Waals surface area contributed by atoms with Gasteiger partial charge in [-0.05, 0) is 45.5 Å². The number of carbonyl (C=O) groups excluding carboxylic acids is 2. The average molecular weight is 390 g/mol. The molecule has 1 saturated heterocycles. The van der Waals surface area contributed by atoms with Crippen molar-refractivity contribution < 1.29 is 9.59 Å². The minimum Gasteiger partial charge on any atom is -0.397 e. The smallest absolute Gasteiger partial charge is 0.265 e. The van der Waals surface area contributed by atoms with Gasteiger partial charge in [0.25, 0.3) is 5.91 Å². The maximum Gasteiger partial charge on any atom is 0.265 e. The van der Waals surface area contributed by atoms with Crippen LogP contribution in [0.4, 0.5) is 5.69 Å². The van der Waals surface area contributed by atoms with Crippen LogP contribution < -0.4 is 5.73 Å². The lowest BCUT2D eigenvalue weighted by Gasteiger charge is -2.36. The standard InChI is InChI=1S/C19H27N5O2S/c1-22(2)11-15(25)24-10-6-5-7-14(24)13-9-8-12-16(20)17(19(26)23(3)4)27-18(12)21-13/h8-9,14H,5-7,10-11,20H2,1-4H3/t14-/m0/s1. The Kier molecular flexibility index (Phi) is 5.67. The molecule has 0 bridgehead atoms. The zero-order chi connectivity index (χ0) is 19.7. The van der Waals surface area contributed by atoms with E-state index >= 15 is 0 Å². The maximum absolute atomic E-state index is 12.7. The molecule has 0 radical (unpaired) electrons. The van der Waals surface area contributed by atoms with E-state index in [1.807, 2.05) is 36.0 Å². The van der Waals surface area contributed by atoms with Crippen molar-refractivity contribution in [1.29, 1.82) is 0 Å². The first kappa shape index (κ1) is 19.6. The molecule has 0 aromatic carbocycles. The summed E-state index contributed by atoms with van der Waals surface area (Å²) in [6.45, 7) is 1.15. The molecule has 3 rings (SSSR count). The van der Waals surface area contributed by atoms with Crippen molar-refractivity contribution in [2.24, 2.45) is 0 Å². The van der Waals surface area contributed by atoms with Crippen LogP contribution in [0, 0.1) is 0 Å². The fourth-order valence-electron chi connectivity index (χ4n) is 3.46. The number of carbonyl (C=O) groups is 2. The van der Waals surface area contributed by atoms with Crippen molar-refractivity contribution >= 4 is 39.1 Å². The van der Waals surface area contributed by atoms with Gasteiger partial charge in [0, 0.05) is 26.0 Å². The van der Waals surface area contributed by atoms with E-state index in [-0.39, 0.29) is 17.9 Å². The number of aromatic nitrogens is 1. The summed E-state index contributed by atoms with van der Waals surface area (Å²) in [5, 5.41) is 0.802. The van der Waals surface area contributed by atoms with Crippen LogP contribution in [-0.4, -0.2) is 72.8 Å². The lowest BCUT2D eigenvalue weighted by atomic mass is 9.98. The van der Waals surface area contributed by atoms with Gasteiger partial charge in [-0.1, -0.05) is 0 Å². The van der Waals surface area contributed by atoms with Crippen molar-refractivity contribution in [3.05, 3.63) is 22.7 Å². The molecule has 0 spiro atoms. The van der Waals surface area contributed by atoms with Crippen molar-refractivity contribution in [1.82, 2.24) is 19.7 Å². The van der Waals surface area contributed by atoms with E-state index in [1.54, 1.807) is 14.1 Å². The number of anilines is 1. The Bertz CT molecular complexity index is 861. The van der Waals surface area contributed by atoms with Crippen molar-refractivity contribution in [3.8, 4) is 0 Å². The molecule has 3 heterocycles. The van der Waals surface area contributed by atoms with E-state index in [0.717, 1.165) is 41.7 Å². The van der Waals surface area contributed by atoms with Crippen LogP contribution in [0.15, 0.2) is 12.1 Å². The third kappa shape index (κ3) is 3.91. The molecule has 1 atom stereocenters. The summed E-state index contributed by atoms with van der Waals surface area (Å²) in [4.78, 5) is 36.4. The van der Waals surface area contributed by atoms with E-state index in [4.69, 9.17) is 10.7 Å². The molecule has 27 heavy (non-hydrogen) atoms. The number of amides is 2. The van der Waals surface area contributed by atoms with Gasteiger partial charge in [-0.3, -0.25) is 9.59 Å². The number of hydrogen-bond donors (Lipinski definition) is 1. The summed E-state index contributed by atoms with van der Waals surface area (Å²) in [6, 6.07) is 3.85. The molecule has 1 aliphatic rings. The normalized spacial score (nSPS) is 17.5. The highest BCUT2D eigenvalue weighted by Crippen LogP contribution is 2.36. The Morgan fingerprint density at radius 3 is 2.67 bits per heavy atom. The van der Waals surface area contributed by atoms with Crippen LogP contribution in [0.3, 0.4) is 0 Å². The van der Waals surface area contributed by atoms with Gasteiger partial charge in [0.1, 0.15) is 9.71 Å². The zero-order valence-electron chi connectivity index (χ0n) is 16.4. The molecular weight excluding hydrogens is 362 g/mol. The fourth-order valence-corrected chi connectivity index (χ4v) is 4.58. The van der Waals surface area contributed by atoms with Crippen LogP contribution in [-0.2, 0) is 4.79 Å². The molecule has 0 unspecified atom stereocenters. The summed E-state index contributed by atoms with van der Waals surface area (Å²) in [5.74, 6) is 0.0123. The first-order valence-electron chi connectivity index (χ1n) is 9.14. The number of nitrogens with two attached hydrogens (primary N) is 1. The Labute approximate surface area is 163 Å². The number of hydrogen-bond acceptors (Lipinski definition) is 6. The lowest BCUT2D eigenvalue weighted by molar-refractivity contribution is -0.135. The molecular formula is C19H27N5O2S. The highest BCUT2D eigenvalue weighted by Gasteiger charge is 2.29. The van der Waals surface area contributed by atoms with Crippen molar-refractivity contribution in [3.63, 3.8) is 0 Å². The topological polar surface area (TPSA) is 82.8 Å². The molecule has 2 aromatic heterocycles. The van der Waals surface area contributed by atoms with Gasteiger partial charge in [0.15, 0.2) is 0 Å². The molecule has 0 saturated carbocycles. The summed E-state index contributed by atoms with van der Waals surface area (Å²) < 4.78 is 0. The second-order valence-electron chi connectivity index (χ2n) is 7.47. The highest BCUT2D eigenvalue weighted by atomic mass is 32.1. The van der Waals surface area contributed by atoms with Gasteiger partial charge in [-0.15, -0.1) is 11.3 Å². The van der Waals surface area contributed by atoms with Gasteiger partial charge in [-0.2, -0.15) is 0 Å². The van der Waals surface area contributed by atoms with Crippen LogP contribution in [0.1, 0.15) is 40.7 Å². The maximum atomic E-state index is 12.7. The van der Waals surface area contributed by atoms with Gasteiger partial charge in [-0.25, -0.2) is 4.98 Å². The number of piperidine rings is 1. The predicted octanol–water partition coefficient (Wildman–Crippen LogP) is 2.20. The van der Waals surface area contributed by atoms with E-state index in [0.29, 0.717) is 17.1 Å². The monoisotopic (exact) mass is 389 g/mol. The van der Waals surface area contributed by atoms with Gasteiger partial charge in [0.05, 0.1) is 24.0 Å². The van der Waals surface area contributed by atoms with Crippen LogP contribution >= 0.6 is 11.3 Å². The van der Waals surface area contributed by atoms with Gasteiger partial charge >= 0.3 is 0 Å². The number of likely N-dealkylation sites (N-methyl/N-ethyl adjacent to an activating group) is 1. The van der Waals surface area contributed by atoms with Crippen molar-refractivity contribution in [2.45, 2.75) is 25.3 Å². The third-order valence-corrected chi connectivity index (χ3v) is 5.94. The van der Waals surface area contributed by atoms with Gasteiger partial charge in [0.2, 0.25) is 5.91 Å². The fraction of sp³-hybridized carbons (Fsp3) is 0.526. The van der Waals surface area contributed by atoms with E-state index in [1.165, 1.54) is 16.2 Å². The Balaban J connectivity index is 1.95. The molecule has 2 N–H and O–H groups in total. The zero-order valence-corrected chi connectivity index (χ0v) is 17.2. The number of rotatable bonds is 4. The molecule has 2 amide bonds. The summed E-state index contributed by atoms with van der Waals surface area (Å²) in [5.41, 5.74) is 7.55. The summed E-state index contributed by atoms with van der Waals surface area (Å²) >= 11 is 1.32. The van der Waals surface area contributed by atoms with Gasteiger partial charge < -0.3 is 20.4 Å². The van der Waals surface area contributed by atoms with Crippen molar-refractivity contribution in [2.75, 3.05) is 47.0 Å². The predicted molar refractivity (Wildman–Crippen MR) is 109 cm³/mol. The van der Waals surface area contributed by atoms with Crippen LogP contribution in [0.25, 0.3) is 10.2 Å². The van der Waals surface area contributed by atoms with Crippen LogP contribution in [0.2, 0.25) is 0 Å². The second kappa shape index (κ2) is 7.82. The second-order valence-corrected chi connectivity index (χ2v) is 8.47. The minimum absolute atomic E-state index is 0.0214. The Morgan fingerprint density at radius 2 is 2.00 bits per heavy atom. The van der Waals surface area contributed by atoms with E-state index < -0.39 is 0 Å². The quantitative estimate of drug-likeness (QED) is 0.867. The Hall–Kier alpha value is -2.19. The highest BCUT2D eigenvalue weighted by molar-refractivity contribution is 7.21. The van der Waals surface area contributed by atoms with E-state index in [9.17, 15) is 9.59 Å². The number of nitrogens with zero attached hydrogens (tertiary/aromatic N) is 4. The molecule has 2 aromatic rings. The number of nitrogen functional groups attached to an aromatic ring is 1. The molecule has 0 aliphatic carbocycles.